The van der Waals surface area contributed by atoms with Crippen LogP contribution < -0.4 is 0 Å². The van der Waals surface area contributed by atoms with Gasteiger partial charge in [0.05, 0.1) is 5.41 Å². The van der Waals surface area contributed by atoms with Crippen LogP contribution in [0.15, 0.2) is 11.1 Å². The smallest absolute Gasteiger partial charge is 0.147 e. The van der Waals surface area contributed by atoms with Gasteiger partial charge in [-0.2, -0.15) is 0 Å². The first-order valence-corrected chi connectivity index (χ1v) is 8.92. The van der Waals surface area contributed by atoms with Crippen molar-refractivity contribution in [2.45, 2.75) is 66.7 Å². The fourth-order valence-corrected chi connectivity index (χ4v) is 7.28. The van der Waals surface area contributed by atoms with Crippen molar-refractivity contribution in [3.05, 3.63) is 11.1 Å². The van der Waals surface area contributed by atoms with Crippen molar-refractivity contribution in [2.24, 2.45) is 34.0 Å². The summed E-state index contributed by atoms with van der Waals surface area (Å²) in [6, 6.07) is 0. The first kappa shape index (κ1) is 14.7. The Morgan fingerprint density at radius 1 is 1.14 bits per heavy atom. The molecule has 2 heteroatoms. The van der Waals surface area contributed by atoms with Crippen LogP contribution in [0.25, 0.3) is 0 Å². The molecule has 0 aromatic carbocycles. The molecule has 0 amide bonds. The van der Waals surface area contributed by atoms with Crippen LogP contribution in [0.3, 0.4) is 0 Å². The van der Waals surface area contributed by atoms with Gasteiger partial charge in [-0.1, -0.05) is 31.9 Å². The second-order valence-electron chi connectivity index (χ2n) is 9.24. The average Bonchev–Trinajstić information content (AvgIpc) is 2.55. The van der Waals surface area contributed by atoms with Crippen LogP contribution >= 0.6 is 0 Å². The summed E-state index contributed by atoms with van der Waals surface area (Å²) in [5, 5.41) is 0. The first-order chi connectivity index (χ1) is 10.2. The molecule has 0 aliphatic heterocycles. The summed E-state index contributed by atoms with van der Waals surface area (Å²) >= 11 is 0. The van der Waals surface area contributed by atoms with Crippen LogP contribution in [0.2, 0.25) is 0 Å². The Balaban J connectivity index is 1.95. The fourth-order valence-electron chi connectivity index (χ4n) is 7.28. The van der Waals surface area contributed by atoms with Crippen molar-refractivity contribution in [1.82, 2.24) is 0 Å². The van der Waals surface area contributed by atoms with Gasteiger partial charge in [0.15, 0.2) is 0 Å². The minimum Gasteiger partial charge on any atom is -0.299 e. The molecule has 4 rings (SSSR count). The summed E-state index contributed by atoms with van der Waals surface area (Å²) in [5.41, 5.74) is 2.79. The van der Waals surface area contributed by atoms with E-state index in [1.807, 2.05) is 0 Å². The van der Waals surface area contributed by atoms with Crippen LogP contribution in [-0.4, -0.2) is 11.6 Å². The zero-order valence-corrected chi connectivity index (χ0v) is 14.6. The lowest BCUT2D eigenvalue weighted by Gasteiger charge is -2.58. The van der Waals surface area contributed by atoms with E-state index in [-0.39, 0.29) is 22.2 Å². The topological polar surface area (TPSA) is 34.1 Å². The third-order valence-corrected chi connectivity index (χ3v) is 8.61. The predicted molar refractivity (Wildman–Crippen MR) is 86.3 cm³/mol. The van der Waals surface area contributed by atoms with Gasteiger partial charge in [-0.25, -0.2) is 0 Å². The highest BCUT2D eigenvalue weighted by Gasteiger charge is 2.73. The number of ketones is 2. The van der Waals surface area contributed by atoms with E-state index < -0.39 is 0 Å². The quantitative estimate of drug-likeness (QED) is 0.624. The normalized spacial score (nSPS) is 49.4. The number of carbonyl (C=O) groups is 2. The summed E-state index contributed by atoms with van der Waals surface area (Å²) in [4.78, 5) is 25.4. The minimum atomic E-state index is -0.272. The summed E-state index contributed by atoms with van der Waals surface area (Å²) in [5.74, 6) is 1.81. The van der Waals surface area contributed by atoms with Gasteiger partial charge in [0, 0.05) is 18.8 Å². The lowest BCUT2D eigenvalue weighted by Crippen LogP contribution is -2.56. The molecule has 3 saturated carbocycles. The van der Waals surface area contributed by atoms with Gasteiger partial charge >= 0.3 is 0 Å². The number of carbonyl (C=O) groups excluding carboxylic acids is 2. The van der Waals surface area contributed by atoms with Crippen LogP contribution in [0.1, 0.15) is 66.7 Å². The Morgan fingerprint density at radius 2 is 1.82 bits per heavy atom. The van der Waals surface area contributed by atoms with E-state index in [1.165, 1.54) is 11.1 Å². The third-order valence-electron chi connectivity index (χ3n) is 8.61. The molecule has 0 saturated heterocycles. The second-order valence-corrected chi connectivity index (χ2v) is 9.24. The third kappa shape index (κ3) is 1.27. The van der Waals surface area contributed by atoms with E-state index in [4.69, 9.17) is 0 Å². The van der Waals surface area contributed by atoms with Gasteiger partial charge < -0.3 is 0 Å². The maximum atomic E-state index is 12.7. The van der Waals surface area contributed by atoms with E-state index in [1.54, 1.807) is 0 Å². The lowest BCUT2D eigenvalue weighted by molar-refractivity contribution is -0.148. The van der Waals surface area contributed by atoms with Crippen LogP contribution in [-0.2, 0) is 9.59 Å². The molecule has 0 aromatic rings. The Bertz CT molecular complexity index is 626. The first-order valence-electron chi connectivity index (χ1n) is 8.92. The molecule has 22 heavy (non-hydrogen) atoms. The number of allylic oxidation sites excluding steroid dienone is 2. The highest BCUT2D eigenvalue weighted by Crippen LogP contribution is 2.75. The van der Waals surface area contributed by atoms with Gasteiger partial charge in [0.1, 0.15) is 11.6 Å². The maximum absolute atomic E-state index is 12.7. The largest absolute Gasteiger partial charge is 0.299 e. The zero-order valence-electron chi connectivity index (χ0n) is 14.6. The molecule has 3 fully saturated rings. The summed E-state index contributed by atoms with van der Waals surface area (Å²) in [6.07, 6.45) is 4.61. The van der Waals surface area contributed by atoms with Gasteiger partial charge in [0.25, 0.3) is 0 Å². The van der Waals surface area contributed by atoms with Crippen molar-refractivity contribution in [1.29, 1.82) is 0 Å². The van der Waals surface area contributed by atoms with Gasteiger partial charge in [0.2, 0.25) is 0 Å². The van der Waals surface area contributed by atoms with Gasteiger partial charge in [-0.3, -0.25) is 9.59 Å². The number of hydrogen-bond donors (Lipinski definition) is 0. The zero-order chi connectivity index (χ0) is 16.1. The van der Waals surface area contributed by atoms with E-state index in [0.717, 1.165) is 25.7 Å². The molecule has 2 bridgehead atoms. The van der Waals surface area contributed by atoms with E-state index in [2.05, 4.69) is 34.6 Å². The molecule has 0 N–H and O–H groups in total. The van der Waals surface area contributed by atoms with E-state index in [9.17, 15) is 9.59 Å². The fraction of sp³-hybridized carbons (Fsp3) is 0.800. The van der Waals surface area contributed by atoms with Crippen molar-refractivity contribution in [3.8, 4) is 0 Å². The molecule has 0 heterocycles. The molecule has 1 spiro atoms. The average molecular weight is 300 g/mol. The minimum absolute atomic E-state index is 0.0288. The highest BCUT2D eigenvalue weighted by molar-refractivity contribution is 5.99. The number of rotatable bonds is 0. The number of fused-ring (bicyclic) bond motifs is 3. The van der Waals surface area contributed by atoms with Crippen molar-refractivity contribution >= 4 is 11.6 Å². The second kappa shape index (κ2) is 3.94. The van der Waals surface area contributed by atoms with Crippen molar-refractivity contribution in [2.75, 3.05) is 0 Å². The SMILES string of the molecule is CC1=C2CC(=O)C2(C)C2CC3C(=O)CC(C)C2(CC1)C3(C)C. The van der Waals surface area contributed by atoms with E-state index >= 15 is 0 Å². The maximum Gasteiger partial charge on any atom is 0.147 e. The molecular weight excluding hydrogens is 272 g/mol. The monoisotopic (exact) mass is 300 g/mol. The molecule has 4 aliphatic carbocycles. The predicted octanol–water partition coefficient (Wildman–Crippen LogP) is 4.33. The van der Waals surface area contributed by atoms with Crippen LogP contribution in [0.4, 0.5) is 0 Å². The number of Topliss-reactive ketones (excluding diaryl/α,β-unsaturated/α-hetero) is 2. The molecule has 0 aromatic heterocycles. The summed E-state index contributed by atoms with van der Waals surface area (Å²) in [6.45, 7) is 11.3. The van der Waals surface area contributed by atoms with Crippen molar-refractivity contribution in [3.63, 3.8) is 0 Å². The van der Waals surface area contributed by atoms with Crippen LogP contribution in [0.5, 0.6) is 0 Å². The molecule has 4 aliphatic rings. The molecule has 0 radical (unpaired) electrons. The van der Waals surface area contributed by atoms with Crippen LogP contribution in [0, 0.1) is 34.0 Å². The van der Waals surface area contributed by atoms with Crippen molar-refractivity contribution < 1.29 is 9.59 Å². The summed E-state index contributed by atoms with van der Waals surface area (Å²) < 4.78 is 0. The molecule has 120 valence electrons. The molecular formula is C20H28O2. The lowest BCUT2D eigenvalue weighted by atomic mass is 9.45. The van der Waals surface area contributed by atoms with Gasteiger partial charge in [-0.05, 0) is 55.8 Å². The Morgan fingerprint density at radius 3 is 2.45 bits per heavy atom. The van der Waals surface area contributed by atoms with Gasteiger partial charge in [-0.15, -0.1) is 0 Å². The van der Waals surface area contributed by atoms with E-state index in [0.29, 0.717) is 29.8 Å². The summed E-state index contributed by atoms with van der Waals surface area (Å²) in [7, 11) is 0. The molecule has 5 atom stereocenters. The molecule has 5 unspecified atom stereocenters. The Kier molecular flexibility index (Phi) is 2.62. The highest BCUT2D eigenvalue weighted by atomic mass is 16.1. The standard InChI is InChI=1S/C20H28O2/c1-11-6-7-20-12(2)8-15(21)14(18(20,3)4)9-16(20)19(5)13(11)10-17(19)22/h12,14,16H,6-10H2,1-5H3. The molecule has 2 nitrogen and oxygen atoms in total. The Hall–Kier alpha value is -0.920. The Labute approximate surface area is 133 Å². The number of hydrogen-bond acceptors (Lipinski definition) is 2.